The number of aryl methyl sites for hydroxylation is 2. The average Bonchev–Trinajstić information content (AvgIpc) is 3.29. The van der Waals surface area contributed by atoms with Crippen molar-refractivity contribution in [3.63, 3.8) is 0 Å². The second kappa shape index (κ2) is 7.56. The van der Waals surface area contributed by atoms with Crippen LogP contribution < -0.4 is 0 Å². The van der Waals surface area contributed by atoms with Gasteiger partial charge >= 0.3 is 0 Å². The molecule has 1 saturated heterocycles. The first kappa shape index (κ1) is 17.2. The normalized spacial score (nSPS) is 17.4. The fourth-order valence-electron chi connectivity index (χ4n) is 3.63. The molecule has 1 unspecified atom stereocenters. The maximum absolute atomic E-state index is 5.86. The van der Waals surface area contributed by atoms with E-state index >= 15 is 0 Å². The van der Waals surface area contributed by atoms with Crippen molar-refractivity contribution in [1.29, 1.82) is 0 Å². The number of aromatic nitrogens is 3. The Labute approximate surface area is 154 Å². The second-order valence-electron chi connectivity index (χ2n) is 7.21. The van der Waals surface area contributed by atoms with Gasteiger partial charge in [-0.3, -0.25) is 9.88 Å². The average molecular weight is 350 g/mol. The van der Waals surface area contributed by atoms with Gasteiger partial charge in [0.05, 0.1) is 29.4 Å². The summed E-state index contributed by atoms with van der Waals surface area (Å²) >= 11 is 0. The highest BCUT2D eigenvalue weighted by atomic mass is 16.5. The lowest BCUT2D eigenvalue weighted by Gasteiger charge is -2.24. The Morgan fingerprint density at radius 2 is 2.12 bits per heavy atom. The van der Waals surface area contributed by atoms with Crippen LogP contribution in [0.5, 0.6) is 0 Å². The highest BCUT2D eigenvalue weighted by molar-refractivity contribution is 5.79. The van der Waals surface area contributed by atoms with E-state index in [1.807, 2.05) is 18.3 Å². The van der Waals surface area contributed by atoms with E-state index in [2.05, 4.69) is 46.9 Å². The van der Waals surface area contributed by atoms with Crippen LogP contribution >= 0.6 is 0 Å². The molecule has 1 N–H and O–H groups in total. The summed E-state index contributed by atoms with van der Waals surface area (Å²) in [6.45, 7) is 7.63. The lowest BCUT2D eigenvalue weighted by Crippen LogP contribution is -2.32. The number of benzene rings is 1. The number of ether oxygens (including phenoxy) is 1. The molecule has 1 fully saturated rings. The first-order chi connectivity index (χ1) is 12.7. The van der Waals surface area contributed by atoms with E-state index in [9.17, 15) is 0 Å². The summed E-state index contributed by atoms with van der Waals surface area (Å²) in [5, 5.41) is 0. The molecule has 3 heterocycles. The third kappa shape index (κ3) is 3.79. The second-order valence-corrected chi connectivity index (χ2v) is 7.21. The molecule has 0 radical (unpaired) electrons. The Bertz CT molecular complexity index is 868. The van der Waals surface area contributed by atoms with Gasteiger partial charge in [-0.1, -0.05) is 12.1 Å². The molecule has 0 aliphatic carbocycles. The van der Waals surface area contributed by atoms with Crippen LogP contribution in [0.15, 0.2) is 36.5 Å². The molecule has 0 saturated carbocycles. The van der Waals surface area contributed by atoms with Crippen LogP contribution in [0.1, 0.15) is 35.5 Å². The molecule has 0 amide bonds. The number of hydrogen-bond acceptors (Lipinski definition) is 4. The van der Waals surface area contributed by atoms with Crippen LogP contribution in [-0.4, -0.2) is 39.1 Å². The molecular weight excluding hydrogens is 324 g/mol. The zero-order valence-corrected chi connectivity index (χ0v) is 15.5. The molecule has 1 atom stereocenters. The molecule has 1 aromatic carbocycles. The van der Waals surface area contributed by atoms with E-state index in [1.54, 1.807) is 0 Å². The van der Waals surface area contributed by atoms with Gasteiger partial charge in [-0.2, -0.15) is 0 Å². The Balaban J connectivity index is 1.56. The fourth-order valence-corrected chi connectivity index (χ4v) is 3.63. The highest BCUT2D eigenvalue weighted by Gasteiger charge is 2.21. The zero-order valence-electron chi connectivity index (χ0n) is 15.5. The van der Waals surface area contributed by atoms with Gasteiger partial charge in [-0.15, -0.1) is 0 Å². The molecule has 136 valence electrons. The van der Waals surface area contributed by atoms with Crippen molar-refractivity contribution < 1.29 is 4.74 Å². The number of fused-ring (bicyclic) bond motifs is 1. The molecule has 1 aliphatic heterocycles. The number of pyridine rings is 1. The first-order valence-electron chi connectivity index (χ1n) is 9.38. The molecular formula is C21H26N4O. The SMILES string of the molecule is Cc1ccc2[nH]c(CN(Cc3ccccn3)CC3CCCO3)nc2c1C. The lowest BCUT2D eigenvalue weighted by atomic mass is 10.1. The smallest absolute Gasteiger partial charge is 0.121 e. The van der Waals surface area contributed by atoms with Crippen LogP contribution in [0, 0.1) is 13.8 Å². The van der Waals surface area contributed by atoms with Gasteiger partial charge < -0.3 is 9.72 Å². The third-order valence-electron chi connectivity index (χ3n) is 5.20. The van der Waals surface area contributed by atoms with Crippen molar-refractivity contribution in [2.75, 3.05) is 13.2 Å². The standard InChI is InChI=1S/C21H26N4O/c1-15-8-9-19-21(16(15)2)24-20(23-19)14-25(13-18-7-5-11-26-18)12-17-6-3-4-10-22-17/h3-4,6,8-10,18H,5,7,11-14H2,1-2H3,(H,23,24). The van der Waals surface area contributed by atoms with Gasteiger partial charge in [0.2, 0.25) is 0 Å². The molecule has 5 nitrogen and oxygen atoms in total. The van der Waals surface area contributed by atoms with E-state index in [0.717, 1.165) is 61.6 Å². The summed E-state index contributed by atoms with van der Waals surface area (Å²) in [5.41, 5.74) is 5.79. The summed E-state index contributed by atoms with van der Waals surface area (Å²) in [4.78, 5) is 15.2. The molecule has 1 aliphatic rings. The van der Waals surface area contributed by atoms with Crippen LogP contribution in [0.3, 0.4) is 0 Å². The van der Waals surface area contributed by atoms with Gasteiger partial charge in [-0.25, -0.2) is 4.98 Å². The molecule has 3 aromatic rings. The van der Waals surface area contributed by atoms with Crippen molar-refractivity contribution in [3.05, 3.63) is 59.2 Å². The summed E-state index contributed by atoms with van der Waals surface area (Å²) in [7, 11) is 0. The minimum atomic E-state index is 0.312. The van der Waals surface area contributed by atoms with Gasteiger partial charge in [0.15, 0.2) is 0 Å². The predicted octanol–water partition coefficient (Wildman–Crippen LogP) is 3.76. The molecule has 26 heavy (non-hydrogen) atoms. The van der Waals surface area contributed by atoms with E-state index in [-0.39, 0.29) is 0 Å². The molecule has 5 heteroatoms. The van der Waals surface area contributed by atoms with Crippen LogP contribution in [0.2, 0.25) is 0 Å². The number of hydrogen-bond donors (Lipinski definition) is 1. The summed E-state index contributed by atoms with van der Waals surface area (Å²) in [6, 6.07) is 10.3. The Hall–Kier alpha value is -2.24. The van der Waals surface area contributed by atoms with Gasteiger partial charge in [0.1, 0.15) is 5.82 Å². The van der Waals surface area contributed by atoms with E-state index in [4.69, 9.17) is 9.72 Å². The maximum atomic E-state index is 5.86. The lowest BCUT2D eigenvalue weighted by molar-refractivity contribution is 0.0667. The topological polar surface area (TPSA) is 54.0 Å². The van der Waals surface area contributed by atoms with Crippen LogP contribution in [-0.2, 0) is 17.8 Å². The van der Waals surface area contributed by atoms with Crippen molar-refractivity contribution in [3.8, 4) is 0 Å². The molecule has 4 rings (SSSR count). The van der Waals surface area contributed by atoms with Crippen LogP contribution in [0.25, 0.3) is 11.0 Å². The predicted molar refractivity (Wildman–Crippen MR) is 103 cm³/mol. The quantitative estimate of drug-likeness (QED) is 0.735. The zero-order chi connectivity index (χ0) is 17.9. The number of rotatable bonds is 6. The monoisotopic (exact) mass is 350 g/mol. The Morgan fingerprint density at radius 3 is 2.88 bits per heavy atom. The Kier molecular flexibility index (Phi) is 5.00. The van der Waals surface area contributed by atoms with Crippen molar-refractivity contribution in [1.82, 2.24) is 19.9 Å². The number of nitrogens with zero attached hydrogens (tertiary/aromatic N) is 3. The minimum Gasteiger partial charge on any atom is -0.377 e. The number of nitrogens with one attached hydrogen (secondary N) is 1. The fraction of sp³-hybridized carbons (Fsp3) is 0.429. The minimum absolute atomic E-state index is 0.312. The highest BCUT2D eigenvalue weighted by Crippen LogP contribution is 2.21. The van der Waals surface area contributed by atoms with Gasteiger partial charge in [0.25, 0.3) is 0 Å². The summed E-state index contributed by atoms with van der Waals surface area (Å²) in [6.07, 6.45) is 4.46. The number of aromatic amines is 1. The maximum Gasteiger partial charge on any atom is 0.121 e. The van der Waals surface area contributed by atoms with E-state index in [0.29, 0.717) is 6.10 Å². The van der Waals surface area contributed by atoms with Gasteiger partial charge in [0, 0.05) is 25.9 Å². The molecule has 0 bridgehead atoms. The van der Waals surface area contributed by atoms with E-state index in [1.165, 1.54) is 11.1 Å². The number of H-pyrrole nitrogens is 1. The molecule has 0 spiro atoms. The van der Waals surface area contributed by atoms with Crippen molar-refractivity contribution in [2.45, 2.75) is 45.9 Å². The van der Waals surface area contributed by atoms with E-state index < -0.39 is 0 Å². The third-order valence-corrected chi connectivity index (χ3v) is 5.20. The Morgan fingerprint density at radius 1 is 1.19 bits per heavy atom. The largest absolute Gasteiger partial charge is 0.377 e. The van der Waals surface area contributed by atoms with Crippen molar-refractivity contribution >= 4 is 11.0 Å². The summed E-state index contributed by atoms with van der Waals surface area (Å²) < 4.78 is 5.86. The molecule has 2 aromatic heterocycles. The van der Waals surface area contributed by atoms with Crippen molar-refractivity contribution in [2.24, 2.45) is 0 Å². The number of imidazole rings is 1. The van der Waals surface area contributed by atoms with Crippen LogP contribution in [0.4, 0.5) is 0 Å². The summed E-state index contributed by atoms with van der Waals surface area (Å²) in [5.74, 6) is 1.00. The first-order valence-corrected chi connectivity index (χ1v) is 9.38. The van der Waals surface area contributed by atoms with Gasteiger partial charge in [-0.05, 0) is 56.0 Å².